The van der Waals surface area contributed by atoms with Gasteiger partial charge in [-0.25, -0.2) is 0 Å². The van der Waals surface area contributed by atoms with Gasteiger partial charge in [-0.1, -0.05) is 51.8 Å². The highest BCUT2D eigenvalue weighted by Crippen LogP contribution is 2.30. The van der Waals surface area contributed by atoms with E-state index in [1.54, 1.807) is 4.90 Å². The van der Waals surface area contributed by atoms with E-state index in [9.17, 15) is 9.59 Å². The fourth-order valence-electron chi connectivity index (χ4n) is 3.53. The third-order valence-electron chi connectivity index (χ3n) is 4.97. The highest BCUT2D eigenvalue weighted by atomic mass is 35.5. The lowest BCUT2D eigenvalue weighted by atomic mass is 9.84. The number of amides is 1. The first-order valence-corrected chi connectivity index (χ1v) is 11.1. The van der Waals surface area contributed by atoms with Crippen LogP contribution >= 0.6 is 24.2 Å². The molecule has 9 heteroatoms. The monoisotopic (exact) mass is 446 g/mol. The van der Waals surface area contributed by atoms with Gasteiger partial charge in [-0.2, -0.15) is 0 Å². The van der Waals surface area contributed by atoms with E-state index in [4.69, 9.17) is 4.42 Å². The Kier molecular flexibility index (Phi) is 10.6. The molecule has 1 aromatic heterocycles. The first-order valence-electron chi connectivity index (χ1n) is 10.1. The number of ketones is 1. The van der Waals surface area contributed by atoms with Crippen LogP contribution in [0.5, 0.6) is 0 Å². The standard InChI is InChI=1S/C20H34N4O3S.ClH/c1-20(2,3)13-16(24(14-25)15-9-7-6-8-10-15)17(26)18-21-22-19(27-18)28-12-11-23(4)5;/h14-16H,6-13H2,1-5H3;1H. The molecule has 166 valence electrons. The molecule has 0 bridgehead atoms. The Bertz CT molecular complexity index is 642. The van der Waals surface area contributed by atoms with Crippen molar-refractivity contribution in [2.24, 2.45) is 5.41 Å². The smallest absolute Gasteiger partial charge is 0.286 e. The number of carbonyl (C=O) groups excluding carboxylic acids is 2. The molecule has 1 fully saturated rings. The van der Waals surface area contributed by atoms with E-state index in [0.717, 1.165) is 44.4 Å². The van der Waals surface area contributed by atoms with Gasteiger partial charge in [0.05, 0.1) is 0 Å². The lowest BCUT2D eigenvalue weighted by Crippen LogP contribution is -2.49. The van der Waals surface area contributed by atoms with E-state index >= 15 is 0 Å². The number of Topliss-reactive ketones (excluding diaryl/α,β-unsaturated/α-hetero) is 1. The van der Waals surface area contributed by atoms with Crippen molar-refractivity contribution in [1.82, 2.24) is 20.0 Å². The fourth-order valence-corrected chi connectivity index (χ4v) is 4.40. The normalized spacial score (nSPS) is 16.3. The minimum Gasteiger partial charge on any atom is -0.408 e. The van der Waals surface area contributed by atoms with Gasteiger partial charge < -0.3 is 14.2 Å². The summed E-state index contributed by atoms with van der Waals surface area (Å²) in [6.45, 7) is 7.11. The van der Waals surface area contributed by atoms with Gasteiger partial charge >= 0.3 is 0 Å². The zero-order chi connectivity index (χ0) is 20.7. The van der Waals surface area contributed by atoms with Crippen LogP contribution in [-0.4, -0.2) is 70.7 Å². The minimum atomic E-state index is -0.569. The lowest BCUT2D eigenvalue weighted by Gasteiger charge is -2.38. The van der Waals surface area contributed by atoms with Crippen molar-refractivity contribution in [3.8, 4) is 0 Å². The Morgan fingerprint density at radius 3 is 2.45 bits per heavy atom. The summed E-state index contributed by atoms with van der Waals surface area (Å²) in [5.41, 5.74) is -0.112. The van der Waals surface area contributed by atoms with E-state index < -0.39 is 6.04 Å². The predicted molar refractivity (Wildman–Crippen MR) is 118 cm³/mol. The van der Waals surface area contributed by atoms with Crippen LogP contribution in [0, 0.1) is 5.41 Å². The van der Waals surface area contributed by atoms with Crippen LogP contribution < -0.4 is 0 Å². The number of thioether (sulfide) groups is 1. The summed E-state index contributed by atoms with van der Waals surface area (Å²) >= 11 is 1.44. The second kappa shape index (κ2) is 11.9. The van der Waals surface area contributed by atoms with Gasteiger partial charge in [0.2, 0.25) is 12.2 Å². The summed E-state index contributed by atoms with van der Waals surface area (Å²) in [5, 5.41) is 8.39. The molecule has 1 aliphatic rings. The van der Waals surface area contributed by atoms with Crippen molar-refractivity contribution in [3.05, 3.63) is 5.89 Å². The van der Waals surface area contributed by atoms with Gasteiger partial charge in [-0.3, -0.25) is 9.59 Å². The Balaban J connectivity index is 0.00000420. The molecular formula is C20H35ClN4O3S. The van der Waals surface area contributed by atoms with Crippen LogP contribution in [0.15, 0.2) is 9.64 Å². The quantitative estimate of drug-likeness (QED) is 0.306. The van der Waals surface area contributed by atoms with E-state index in [1.165, 1.54) is 18.2 Å². The first-order chi connectivity index (χ1) is 13.2. The number of halogens is 1. The molecule has 1 heterocycles. The lowest BCUT2D eigenvalue weighted by molar-refractivity contribution is -0.123. The highest BCUT2D eigenvalue weighted by molar-refractivity contribution is 7.99. The molecule has 0 aromatic carbocycles. The summed E-state index contributed by atoms with van der Waals surface area (Å²) in [5.74, 6) is 0.556. The molecule has 1 saturated carbocycles. The van der Waals surface area contributed by atoms with E-state index in [0.29, 0.717) is 11.6 Å². The second-order valence-corrected chi connectivity index (χ2v) is 10.1. The second-order valence-electron chi connectivity index (χ2n) is 9.01. The number of aromatic nitrogens is 2. The van der Waals surface area contributed by atoms with Crippen molar-refractivity contribution >= 4 is 36.4 Å². The average molecular weight is 447 g/mol. The number of rotatable bonds is 10. The zero-order valence-electron chi connectivity index (χ0n) is 18.2. The number of nitrogens with zero attached hydrogens (tertiary/aromatic N) is 4. The fraction of sp³-hybridized carbons (Fsp3) is 0.800. The largest absolute Gasteiger partial charge is 0.408 e. The van der Waals surface area contributed by atoms with Gasteiger partial charge in [0.15, 0.2) is 0 Å². The Labute approximate surface area is 184 Å². The average Bonchev–Trinajstić information content (AvgIpc) is 3.09. The molecule has 7 nitrogen and oxygen atoms in total. The third kappa shape index (κ3) is 8.26. The molecule has 0 spiro atoms. The number of carbonyl (C=O) groups is 2. The molecule has 0 radical (unpaired) electrons. The first kappa shape index (κ1) is 25.9. The van der Waals surface area contributed by atoms with Gasteiger partial charge in [0.25, 0.3) is 11.1 Å². The number of hydrogen-bond donors (Lipinski definition) is 0. The SMILES string of the molecule is CN(C)CCSc1nnc(C(=O)C(CC(C)(C)C)N(C=O)C2CCCCC2)o1.Cl. The number of hydrogen-bond acceptors (Lipinski definition) is 7. The molecule has 1 aliphatic carbocycles. The molecule has 0 aliphatic heterocycles. The van der Waals surface area contributed by atoms with Gasteiger partial charge in [-0.05, 0) is 38.8 Å². The summed E-state index contributed by atoms with van der Waals surface area (Å²) < 4.78 is 5.63. The summed E-state index contributed by atoms with van der Waals surface area (Å²) in [6, 6.07) is -0.458. The molecule has 0 N–H and O–H groups in total. The minimum absolute atomic E-state index is 0. The van der Waals surface area contributed by atoms with Crippen LogP contribution in [0.1, 0.15) is 70.0 Å². The van der Waals surface area contributed by atoms with Crippen LogP contribution in [0.3, 0.4) is 0 Å². The van der Waals surface area contributed by atoms with Crippen molar-refractivity contribution in [2.75, 3.05) is 26.4 Å². The molecule has 1 aromatic rings. The maximum Gasteiger partial charge on any atom is 0.286 e. The molecule has 1 atom stereocenters. The summed E-state index contributed by atoms with van der Waals surface area (Å²) in [7, 11) is 4.00. The highest BCUT2D eigenvalue weighted by Gasteiger charge is 2.37. The molecule has 29 heavy (non-hydrogen) atoms. The van der Waals surface area contributed by atoms with Crippen molar-refractivity contribution in [2.45, 2.75) is 76.6 Å². The maximum atomic E-state index is 13.2. The van der Waals surface area contributed by atoms with E-state index in [-0.39, 0.29) is 35.5 Å². The van der Waals surface area contributed by atoms with Gasteiger partial charge in [-0.15, -0.1) is 22.6 Å². The maximum absolute atomic E-state index is 13.2. The van der Waals surface area contributed by atoms with Gasteiger partial charge in [0, 0.05) is 18.3 Å². The van der Waals surface area contributed by atoms with Gasteiger partial charge in [0.1, 0.15) is 6.04 Å². The molecule has 1 unspecified atom stereocenters. The van der Waals surface area contributed by atoms with Crippen molar-refractivity contribution in [1.29, 1.82) is 0 Å². The van der Waals surface area contributed by atoms with Crippen LogP contribution in [-0.2, 0) is 4.79 Å². The molecule has 1 amide bonds. The third-order valence-corrected chi connectivity index (χ3v) is 5.77. The Hall–Kier alpha value is -1.12. The van der Waals surface area contributed by atoms with Crippen LogP contribution in [0.4, 0.5) is 0 Å². The van der Waals surface area contributed by atoms with E-state index in [1.807, 2.05) is 14.1 Å². The Morgan fingerprint density at radius 2 is 1.90 bits per heavy atom. The van der Waals surface area contributed by atoms with Crippen molar-refractivity contribution < 1.29 is 14.0 Å². The molecule has 2 rings (SSSR count). The topological polar surface area (TPSA) is 79.5 Å². The van der Waals surface area contributed by atoms with Crippen molar-refractivity contribution in [3.63, 3.8) is 0 Å². The predicted octanol–water partition coefficient (Wildman–Crippen LogP) is 3.92. The summed E-state index contributed by atoms with van der Waals surface area (Å²) in [6.07, 6.45) is 6.68. The molecular weight excluding hydrogens is 412 g/mol. The van der Waals surface area contributed by atoms with E-state index in [2.05, 4.69) is 35.9 Å². The Morgan fingerprint density at radius 1 is 1.24 bits per heavy atom. The van der Waals surface area contributed by atoms with Crippen LogP contribution in [0.25, 0.3) is 0 Å². The molecule has 0 saturated heterocycles. The zero-order valence-corrected chi connectivity index (χ0v) is 19.9. The van der Waals surface area contributed by atoms with Crippen LogP contribution in [0.2, 0.25) is 0 Å². The summed E-state index contributed by atoms with van der Waals surface area (Å²) in [4.78, 5) is 29.0.